The number of hydrogen-bond acceptors (Lipinski definition) is 5. The molecule has 0 spiro atoms. The number of carbonyl (C=O) groups excluding carboxylic acids is 2. The van der Waals surface area contributed by atoms with Gasteiger partial charge in [0.2, 0.25) is 5.91 Å². The molecule has 8 nitrogen and oxygen atoms in total. The molecule has 1 saturated heterocycles. The average molecular weight is 411 g/mol. The van der Waals surface area contributed by atoms with Gasteiger partial charge in [0.25, 0.3) is 5.91 Å². The van der Waals surface area contributed by atoms with Crippen molar-refractivity contribution in [3.05, 3.63) is 52.8 Å². The zero-order valence-electron chi connectivity index (χ0n) is 17.5. The summed E-state index contributed by atoms with van der Waals surface area (Å²) < 4.78 is 2.00. The molecule has 3 heterocycles. The second kappa shape index (κ2) is 8.97. The molecule has 30 heavy (non-hydrogen) atoms. The minimum atomic E-state index is -0.407. The number of carbonyl (C=O) groups is 2. The molecule has 1 fully saturated rings. The molecule has 3 N–H and O–H groups in total. The second-order valence-corrected chi connectivity index (χ2v) is 8.38. The summed E-state index contributed by atoms with van der Waals surface area (Å²) in [5.74, 6) is 0.156. The monoisotopic (exact) mass is 410 g/mol. The van der Waals surface area contributed by atoms with Crippen LogP contribution in [0.15, 0.2) is 30.5 Å². The van der Waals surface area contributed by atoms with Crippen LogP contribution in [0.4, 0.5) is 0 Å². The van der Waals surface area contributed by atoms with E-state index in [1.165, 1.54) is 0 Å². The number of fused-ring (bicyclic) bond motifs is 1. The van der Waals surface area contributed by atoms with Gasteiger partial charge in [-0.05, 0) is 50.0 Å². The van der Waals surface area contributed by atoms with E-state index in [1.807, 2.05) is 27.8 Å². The summed E-state index contributed by atoms with van der Waals surface area (Å²) in [6, 6.07) is 7.40. The van der Waals surface area contributed by atoms with E-state index in [0.29, 0.717) is 18.0 Å². The minimum Gasteiger partial charge on any atom is -0.366 e. The Hall–Kier alpha value is -2.71. The third-order valence-corrected chi connectivity index (χ3v) is 6.17. The quantitative estimate of drug-likeness (QED) is 0.732. The summed E-state index contributed by atoms with van der Waals surface area (Å²) in [6.45, 7) is 5.76. The van der Waals surface area contributed by atoms with E-state index in [0.717, 1.165) is 68.9 Å². The normalized spacial score (nSPS) is 19.5. The molecule has 1 aromatic heterocycles. The fourth-order valence-corrected chi connectivity index (χ4v) is 4.29. The third kappa shape index (κ3) is 4.55. The van der Waals surface area contributed by atoms with Crippen molar-refractivity contribution in [2.75, 3.05) is 39.8 Å². The molecule has 4 rings (SSSR count). The predicted molar refractivity (Wildman–Crippen MR) is 114 cm³/mol. The first-order valence-corrected chi connectivity index (χ1v) is 10.6. The Bertz CT molecular complexity index is 916. The Morgan fingerprint density at radius 2 is 2.00 bits per heavy atom. The van der Waals surface area contributed by atoms with E-state index in [2.05, 4.69) is 22.4 Å². The maximum atomic E-state index is 13.0. The first-order valence-electron chi connectivity index (χ1n) is 10.6. The number of rotatable bonds is 6. The number of amides is 2. The molecular weight excluding hydrogens is 380 g/mol. The number of likely N-dealkylation sites (N-methyl/N-ethyl adjacent to an activating group) is 1. The van der Waals surface area contributed by atoms with Crippen molar-refractivity contribution < 1.29 is 9.59 Å². The van der Waals surface area contributed by atoms with E-state index in [4.69, 9.17) is 5.73 Å². The molecule has 0 radical (unpaired) electrons. The van der Waals surface area contributed by atoms with Crippen molar-refractivity contribution in [2.45, 2.75) is 25.9 Å². The van der Waals surface area contributed by atoms with E-state index >= 15 is 0 Å². The van der Waals surface area contributed by atoms with E-state index in [9.17, 15) is 9.59 Å². The molecule has 2 aromatic rings. The van der Waals surface area contributed by atoms with Gasteiger partial charge in [-0.1, -0.05) is 12.1 Å². The van der Waals surface area contributed by atoms with Crippen LogP contribution in [0.5, 0.6) is 0 Å². The number of primary amides is 1. The molecule has 8 heteroatoms. The van der Waals surface area contributed by atoms with Crippen molar-refractivity contribution in [1.29, 1.82) is 0 Å². The Labute approximate surface area is 177 Å². The van der Waals surface area contributed by atoms with Gasteiger partial charge in [0.15, 0.2) is 0 Å². The maximum Gasteiger partial charge on any atom is 0.257 e. The van der Waals surface area contributed by atoms with Crippen molar-refractivity contribution in [3.63, 3.8) is 0 Å². The lowest BCUT2D eigenvalue weighted by Gasteiger charge is -2.32. The summed E-state index contributed by atoms with van der Waals surface area (Å²) in [5.41, 5.74) is 8.76. The highest BCUT2D eigenvalue weighted by atomic mass is 16.2. The SMILES string of the molecule is CN1CCN(C(=O)c2cnn3c2CC(CNCc2cccc(C(N)=O)c2)CC3)CC1. The van der Waals surface area contributed by atoms with Gasteiger partial charge in [-0.15, -0.1) is 0 Å². The van der Waals surface area contributed by atoms with Crippen LogP contribution in [-0.4, -0.2) is 71.2 Å². The lowest BCUT2D eigenvalue weighted by molar-refractivity contribution is 0.0662. The van der Waals surface area contributed by atoms with Crippen LogP contribution in [0.3, 0.4) is 0 Å². The molecule has 1 atom stereocenters. The molecule has 1 aromatic carbocycles. The average Bonchev–Trinajstić information content (AvgIpc) is 3.17. The predicted octanol–water partition coefficient (Wildman–Crippen LogP) is 0.722. The van der Waals surface area contributed by atoms with Crippen molar-refractivity contribution in [3.8, 4) is 0 Å². The molecular formula is C22H30N6O2. The van der Waals surface area contributed by atoms with Gasteiger partial charge in [-0.25, -0.2) is 0 Å². The van der Waals surface area contributed by atoms with Crippen LogP contribution in [0, 0.1) is 5.92 Å². The smallest absolute Gasteiger partial charge is 0.257 e. The molecule has 1 unspecified atom stereocenters. The number of benzene rings is 1. The third-order valence-electron chi connectivity index (χ3n) is 6.17. The summed E-state index contributed by atoms with van der Waals surface area (Å²) in [4.78, 5) is 28.6. The molecule has 0 bridgehead atoms. The molecule has 160 valence electrons. The van der Waals surface area contributed by atoms with Crippen molar-refractivity contribution in [2.24, 2.45) is 11.7 Å². The van der Waals surface area contributed by atoms with Gasteiger partial charge in [0.1, 0.15) is 0 Å². The van der Waals surface area contributed by atoms with Gasteiger partial charge < -0.3 is 20.9 Å². The van der Waals surface area contributed by atoms with Crippen molar-refractivity contribution in [1.82, 2.24) is 24.9 Å². The highest BCUT2D eigenvalue weighted by Crippen LogP contribution is 2.24. The van der Waals surface area contributed by atoms with E-state index in [-0.39, 0.29) is 5.91 Å². The Balaban J connectivity index is 1.34. The zero-order valence-corrected chi connectivity index (χ0v) is 17.5. The first-order chi connectivity index (χ1) is 14.5. The van der Waals surface area contributed by atoms with Crippen LogP contribution in [-0.2, 0) is 19.5 Å². The lowest BCUT2D eigenvalue weighted by Crippen LogP contribution is -2.47. The van der Waals surface area contributed by atoms with Crippen LogP contribution < -0.4 is 11.1 Å². The molecule has 2 aliphatic rings. The summed E-state index contributed by atoms with van der Waals surface area (Å²) in [5, 5.41) is 7.97. The highest BCUT2D eigenvalue weighted by Gasteiger charge is 2.28. The number of nitrogens with one attached hydrogen (secondary N) is 1. The number of nitrogens with zero attached hydrogens (tertiary/aromatic N) is 4. The Morgan fingerprint density at radius 1 is 1.20 bits per heavy atom. The number of aromatic nitrogens is 2. The first kappa shape index (κ1) is 20.6. The highest BCUT2D eigenvalue weighted by molar-refractivity contribution is 5.95. The van der Waals surface area contributed by atoms with Gasteiger partial charge in [-0.2, -0.15) is 5.10 Å². The zero-order chi connectivity index (χ0) is 21.1. The van der Waals surface area contributed by atoms with Gasteiger partial charge in [0.05, 0.1) is 17.5 Å². The Morgan fingerprint density at radius 3 is 2.77 bits per heavy atom. The van der Waals surface area contributed by atoms with Crippen molar-refractivity contribution >= 4 is 11.8 Å². The number of piperazine rings is 1. The second-order valence-electron chi connectivity index (χ2n) is 8.38. The summed E-state index contributed by atoms with van der Waals surface area (Å²) in [7, 11) is 2.09. The molecule has 0 saturated carbocycles. The van der Waals surface area contributed by atoms with E-state index in [1.54, 1.807) is 12.3 Å². The minimum absolute atomic E-state index is 0.112. The number of aryl methyl sites for hydroxylation is 1. The maximum absolute atomic E-state index is 13.0. The van der Waals surface area contributed by atoms with E-state index < -0.39 is 5.91 Å². The van der Waals surface area contributed by atoms with Gasteiger partial charge in [0, 0.05) is 44.8 Å². The van der Waals surface area contributed by atoms with Gasteiger partial charge in [-0.3, -0.25) is 14.3 Å². The summed E-state index contributed by atoms with van der Waals surface area (Å²) >= 11 is 0. The standard InChI is InChI=1S/C22H30N6O2/c1-26-7-9-27(10-8-26)22(30)19-15-25-28-6-5-17(12-20(19)28)14-24-13-16-3-2-4-18(11-16)21(23)29/h2-4,11,15,17,24H,5-10,12-14H2,1H3,(H2,23,29). The van der Waals surface area contributed by atoms with Gasteiger partial charge >= 0.3 is 0 Å². The number of nitrogens with two attached hydrogens (primary N) is 1. The fraction of sp³-hybridized carbons (Fsp3) is 0.500. The van der Waals surface area contributed by atoms with Crippen LogP contribution >= 0.6 is 0 Å². The largest absolute Gasteiger partial charge is 0.366 e. The molecule has 2 aliphatic heterocycles. The fourth-order valence-electron chi connectivity index (χ4n) is 4.29. The lowest BCUT2D eigenvalue weighted by atomic mass is 9.94. The van der Waals surface area contributed by atoms with Crippen LogP contribution in [0.2, 0.25) is 0 Å². The van der Waals surface area contributed by atoms with Crippen LogP contribution in [0.25, 0.3) is 0 Å². The molecule has 0 aliphatic carbocycles. The number of hydrogen-bond donors (Lipinski definition) is 2. The summed E-state index contributed by atoms with van der Waals surface area (Å²) in [6.07, 6.45) is 3.63. The van der Waals surface area contributed by atoms with Crippen LogP contribution in [0.1, 0.15) is 38.4 Å². The topological polar surface area (TPSA) is 96.5 Å². The Kier molecular flexibility index (Phi) is 6.15. The molecule has 2 amide bonds.